The van der Waals surface area contributed by atoms with Crippen LogP contribution < -0.4 is 0 Å². The molecule has 6 nitrogen and oxygen atoms in total. The molecule has 2 heterocycles. The van der Waals surface area contributed by atoms with Crippen LogP contribution in [0.15, 0.2) is 42.7 Å². The minimum Gasteiger partial charge on any atom is -0.392 e. The highest BCUT2D eigenvalue weighted by Gasteiger charge is 2.27. The zero-order chi connectivity index (χ0) is 16.1. The van der Waals surface area contributed by atoms with Crippen LogP contribution in [0.25, 0.3) is 0 Å². The van der Waals surface area contributed by atoms with Crippen LogP contribution in [-0.4, -0.2) is 50.1 Å². The summed E-state index contributed by atoms with van der Waals surface area (Å²) in [6.45, 7) is 1.63. The van der Waals surface area contributed by atoms with Gasteiger partial charge in [-0.05, 0) is 30.7 Å². The summed E-state index contributed by atoms with van der Waals surface area (Å²) in [6, 6.07) is 10.1. The molecule has 23 heavy (non-hydrogen) atoms. The first-order valence-corrected chi connectivity index (χ1v) is 8.06. The zero-order valence-corrected chi connectivity index (χ0v) is 13.1. The van der Waals surface area contributed by atoms with Gasteiger partial charge in [0.15, 0.2) is 0 Å². The molecule has 0 saturated carbocycles. The molecule has 0 unspecified atom stereocenters. The molecule has 1 fully saturated rings. The molecular formula is C17H22N4O2. The van der Waals surface area contributed by atoms with E-state index < -0.39 is 0 Å². The van der Waals surface area contributed by atoms with Crippen molar-refractivity contribution in [3.05, 3.63) is 48.3 Å². The smallest absolute Gasteiger partial charge is 0.244 e. The third-order valence-electron chi connectivity index (χ3n) is 4.49. The second kappa shape index (κ2) is 7.37. The van der Waals surface area contributed by atoms with E-state index in [1.165, 1.54) is 0 Å². The van der Waals surface area contributed by atoms with E-state index >= 15 is 0 Å². The van der Waals surface area contributed by atoms with Crippen molar-refractivity contribution in [2.45, 2.75) is 31.9 Å². The maximum absolute atomic E-state index is 12.2. The number of rotatable bonds is 5. The topological polar surface area (TPSA) is 71.2 Å². The van der Waals surface area contributed by atoms with E-state index in [0.29, 0.717) is 19.5 Å². The predicted octanol–water partition coefficient (Wildman–Crippen LogP) is 1.12. The van der Waals surface area contributed by atoms with Crippen LogP contribution in [0.1, 0.15) is 18.4 Å². The van der Waals surface area contributed by atoms with Gasteiger partial charge in [-0.2, -0.15) is 0 Å². The number of aliphatic hydroxyl groups is 1. The van der Waals surface area contributed by atoms with Crippen molar-refractivity contribution in [3.8, 4) is 0 Å². The van der Waals surface area contributed by atoms with E-state index in [1.807, 2.05) is 35.2 Å². The minimum absolute atomic E-state index is 0.0616. The Hall–Kier alpha value is -2.21. The summed E-state index contributed by atoms with van der Waals surface area (Å²) in [7, 11) is 0. The van der Waals surface area contributed by atoms with E-state index in [-0.39, 0.29) is 24.5 Å². The highest BCUT2D eigenvalue weighted by molar-refractivity contribution is 5.75. The number of aromatic nitrogens is 3. The lowest BCUT2D eigenvalue weighted by Crippen LogP contribution is -2.43. The molecule has 1 aromatic carbocycles. The second-order valence-corrected chi connectivity index (χ2v) is 6.08. The Morgan fingerprint density at radius 2 is 2.00 bits per heavy atom. The Labute approximate surface area is 135 Å². The zero-order valence-electron chi connectivity index (χ0n) is 13.1. The first-order valence-electron chi connectivity index (χ1n) is 8.06. The van der Waals surface area contributed by atoms with Gasteiger partial charge in [0.25, 0.3) is 0 Å². The number of aliphatic hydroxyl groups excluding tert-OH is 1. The summed E-state index contributed by atoms with van der Waals surface area (Å²) in [4.78, 5) is 14.1. The first-order chi connectivity index (χ1) is 11.2. The fourth-order valence-corrected chi connectivity index (χ4v) is 3.11. The molecule has 1 saturated heterocycles. The van der Waals surface area contributed by atoms with Crippen molar-refractivity contribution in [2.75, 3.05) is 13.1 Å². The molecule has 1 amide bonds. The van der Waals surface area contributed by atoms with E-state index in [0.717, 1.165) is 18.4 Å². The molecule has 2 aromatic rings. The van der Waals surface area contributed by atoms with Crippen LogP contribution in [0.3, 0.4) is 0 Å². The molecule has 0 bridgehead atoms. The highest BCUT2D eigenvalue weighted by atomic mass is 16.3. The summed E-state index contributed by atoms with van der Waals surface area (Å²) >= 11 is 0. The normalized spacial score (nSPS) is 17.2. The van der Waals surface area contributed by atoms with Gasteiger partial charge in [0.1, 0.15) is 6.54 Å². The van der Waals surface area contributed by atoms with Crippen molar-refractivity contribution >= 4 is 5.91 Å². The van der Waals surface area contributed by atoms with Gasteiger partial charge in [-0.1, -0.05) is 35.5 Å². The number of carbonyl (C=O) groups excluding carboxylic acids is 1. The summed E-state index contributed by atoms with van der Waals surface area (Å²) in [5.41, 5.74) is 1.16. The summed E-state index contributed by atoms with van der Waals surface area (Å²) in [6.07, 6.45) is 5.28. The Morgan fingerprint density at radius 3 is 2.65 bits per heavy atom. The van der Waals surface area contributed by atoms with Crippen LogP contribution in [0.4, 0.5) is 0 Å². The molecule has 1 N–H and O–H groups in total. The number of piperidine rings is 1. The number of carbonyl (C=O) groups is 1. The van der Waals surface area contributed by atoms with Crippen molar-refractivity contribution in [1.29, 1.82) is 0 Å². The molecule has 1 atom stereocenters. The molecule has 3 rings (SSSR count). The third-order valence-corrected chi connectivity index (χ3v) is 4.49. The average Bonchev–Trinajstić information content (AvgIpc) is 3.09. The van der Waals surface area contributed by atoms with Crippen LogP contribution >= 0.6 is 0 Å². The quantitative estimate of drug-likeness (QED) is 0.898. The Kier molecular flexibility index (Phi) is 5.02. The SMILES string of the molecule is O=C(Cn1ccnn1)N1CCC([C@H](O)Cc2ccccc2)CC1. The highest BCUT2D eigenvalue weighted by Crippen LogP contribution is 2.23. The molecule has 1 aliphatic heterocycles. The number of nitrogens with zero attached hydrogens (tertiary/aromatic N) is 4. The fourth-order valence-electron chi connectivity index (χ4n) is 3.11. The van der Waals surface area contributed by atoms with Crippen LogP contribution in [0, 0.1) is 5.92 Å². The lowest BCUT2D eigenvalue weighted by atomic mass is 9.88. The van der Waals surface area contributed by atoms with Gasteiger partial charge in [0.2, 0.25) is 5.91 Å². The van der Waals surface area contributed by atoms with Crippen molar-refractivity contribution in [3.63, 3.8) is 0 Å². The number of hydrogen-bond acceptors (Lipinski definition) is 4. The van der Waals surface area contributed by atoms with Crippen LogP contribution in [0.2, 0.25) is 0 Å². The summed E-state index contributed by atoms with van der Waals surface area (Å²) in [5, 5.41) is 18.0. The molecule has 122 valence electrons. The number of likely N-dealkylation sites (tertiary alicyclic amines) is 1. The number of amides is 1. The second-order valence-electron chi connectivity index (χ2n) is 6.08. The van der Waals surface area contributed by atoms with Gasteiger partial charge in [-0.3, -0.25) is 4.79 Å². The average molecular weight is 314 g/mol. The molecule has 6 heteroatoms. The maximum Gasteiger partial charge on any atom is 0.244 e. The van der Waals surface area contributed by atoms with Gasteiger partial charge in [0.05, 0.1) is 12.3 Å². The molecule has 1 aliphatic rings. The Balaban J connectivity index is 1.47. The molecule has 0 radical (unpaired) electrons. The van der Waals surface area contributed by atoms with Crippen LogP contribution in [0.5, 0.6) is 0 Å². The molecule has 0 spiro atoms. The number of hydrogen-bond donors (Lipinski definition) is 1. The summed E-state index contributed by atoms with van der Waals surface area (Å²) in [5.74, 6) is 0.317. The lowest BCUT2D eigenvalue weighted by Gasteiger charge is -2.34. The maximum atomic E-state index is 12.2. The van der Waals surface area contributed by atoms with Crippen molar-refractivity contribution in [2.24, 2.45) is 5.92 Å². The Morgan fingerprint density at radius 1 is 1.26 bits per heavy atom. The van der Waals surface area contributed by atoms with Crippen molar-refractivity contribution in [1.82, 2.24) is 19.9 Å². The fraction of sp³-hybridized carbons (Fsp3) is 0.471. The standard InChI is InChI=1S/C17H22N4O2/c22-16(12-14-4-2-1-3-5-14)15-6-9-20(10-7-15)17(23)13-21-11-8-18-19-21/h1-5,8,11,15-16,22H,6-7,9-10,12-13H2/t16-/m1/s1. The summed E-state index contributed by atoms with van der Waals surface area (Å²) < 4.78 is 1.54. The third kappa shape index (κ3) is 4.16. The lowest BCUT2D eigenvalue weighted by molar-refractivity contribution is -0.134. The van der Waals surface area contributed by atoms with Crippen molar-refractivity contribution < 1.29 is 9.90 Å². The molecular weight excluding hydrogens is 292 g/mol. The van der Waals surface area contributed by atoms with E-state index in [9.17, 15) is 9.90 Å². The Bertz CT molecular complexity index is 607. The minimum atomic E-state index is -0.343. The largest absolute Gasteiger partial charge is 0.392 e. The van der Waals surface area contributed by atoms with Gasteiger partial charge in [-0.25, -0.2) is 4.68 Å². The van der Waals surface area contributed by atoms with Crippen LogP contribution in [-0.2, 0) is 17.8 Å². The first kappa shape index (κ1) is 15.7. The van der Waals surface area contributed by atoms with Gasteiger partial charge >= 0.3 is 0 Å². The number of benzene rings is 1. The van der Waals surface area contributed by atoms with E-state index in [2.05, 4.69) is 10.3 Å². The predicted molar refractivity (Wildman–Crippen MR) is 85.5 cm³/mol. The molecule has 1 aromatic heterocycles. The van der Waals surface area contributed by atoms with E-state index in [1.54, 1.807) is 17.1 Å². The van der Waals surface area contributed by atoms with Gasteiger partial charge in [-0.15, -0.1) is 5.10 Å². The monoisotopic (exact) mass is 314 g/mol. The van der Waals surface area contributed by atoms with Gasteiger partial charge in [0, 0.05) is 19.3 Å². The molecule has 0 aliphatic carbocycles. The van der Waals surface area contributed by atoms with Gasteiger partial charge < -0.3 is 10.0 Å². The van der Waals surface area contributed by atoms with E-state index in [4.69, 9.17) is 0 Å².